The zero-order chi connectivity index (χ0) is 23.7. The minimum absolute atomic E-state index is 0. The first-order valence-corrected chi connectivity index (χ1v) is 12.2. The molecule has 0 radical (unpaired) electrons. The fourth-order valence-corrected chi connectivity index (χ4v) is 5.43. The number of methoxy groups -OCH3 is 2. The molecule has 1 atom stereocenters. The second-order valence-electron chi connectivity index (χ2n) is 7.53. The van der Waals surface area contributed by atoms with Crippen LogP contribution in [-0.2, 0) is 0 Å². The van der Waals surface area contributed by atoms with Gasteiger partial charge < -0.3 is 9.47 Å². The van der Waals surface area contributed by atoms with E-state index in [0.29, 0.717) is 34.3 Å². The van der Waals surface area contributed by atoms with Crippen LogP contribution < -0.4 is 14.5 Å². The van der Waals surface area contributed by atoms with Gasteiger partial charge in [-0.1, -0.05) is 24.3 Å². The standard InChI is InChI=1S/C24H20N4O4S2.BrH/c1-31-21-9-8-16(12-22(21)32-2)20-13-18(23-7-4-10-33-23)26-27(20)24-25-19(14-34-24)15-5-3-6-17(11-15)28(29)30;/h3-12,14,20H,13H2,1-2H3;1H. The molecule has 0 saturated carbocycles. The van der Waals surface area contributed by atoms with Crippen molar-refractivity contribution < 1.29 is 14.4 Å². The topological polar surface area (TPSA) is 90.1 Å². The summed E-state index contributed by atoms with van der Waals surface area (Å²) in [5.74, 6) is 1.32. The molecular weight excluding hydrogens is 552 g/mol. The van der Waals surface area contributed by atoms with Crippen LogP contribution in [0.5, 0.6) is 11.5 Å². The molecule has 3 heterocycles. The number of anilines is 1. The van der Waals surface area contributed by atoms with Crippen molar-refractivity contribution in [2.45, 2.75) is 12.5 Å². The van der Waals surface area contributed by atoms with Crippen molar-refractivity contribution in [2.24, 2.45) is 5.10 Å². The summed E-state index contributed by atoms with van der Waals surface area (Å²) in [5, 5.41) is 22.7. The highest BCUT2D eigenvalue weighted by Crippen LogP contribution is 2.42. The van der Waals surface area contributed by atoms with Crippen LogP contribution in [0.25, 0.3) is 11.3 Å². The molecule has 0 bridgehead atoms. The van der Waals surface area contributed by atoms with E-state index in [2.05, 4.69) is 6.07 Å². The Hall–Kier alpha value is -3.28. The van der Waals surface area contributed by atoms with Crippen LogP contribution in [0.3, 0.4) is 0 Å². The fraction of sp³-hybridized carbons (Fsp3) is 0.167. The molecule has 0 N–H and O–H groups in total. The van der Waals surface area contributed by atoms with Crippen molar-refractivity contribution in [1.29, 1.82) is 0 Å². The maximum absolute atomic E-state index is 11.2. The molecule has 11 heteroatoms. The molecule has 0 fully saturated rings. The first-order chi connectivity index (χ1) is 16.6. The van der Waals surface area contributed by atoms with Gasteiger partial charge in [-0.2, -0.15) is 5.10 Å². The highest BCUT2D eigenvalue weighted by molar-refractivity contribution is 8.93. The van der Waals surface area contributed by atoms with Gasteiger partial charge in [-0.25, -0.2) is 9.99 Å². The third-order valence-electron chi connectivity index (χ3n) is 5.55. The fourth-order valence-electron chi connectivity index (χ4n) is 3.88. The number of halogens is 1. The number of nitro groups is 1. The van der Waals surface area contributed by atoms with Gasteiger partial charge in [0.25, 0.3) is 5.69 Å². The Kier molecular flexibility index (Phi) is 7.48. The van der Waals surface area contributed by atoms with E-state index in [1.165, 1.54) is 23.5 Å². The number of nitrogens with zero attached hydrogens (tertiary/aromatic N) is 4. The number of rotatable bonds is 7. The van der Waals surface area contributed by atoms with Gasteiger partial charge in [-0.3, -0.25) is 10.1 Å². The van der Waals surface area contributed by atoms with Gasteiger partial charge in [0.1, 0.15) is 0 Å². The summed E-state index contributed by atoms with van der Waals surface area (Å²) in [5.41, 5.74) is 3.42. The number of hydrogen-bond acceptors (Lipinski definition) is 9. The molecule has 1 aliphatic heterocycles. The first-order valence-electron chi connectivity index (χ1n) is 10.4. The Balaban J connectivity index is 0.00000289. The number of hydrazone groups is 1. The maximum atomic E-state index is 11.2. The Bertz CT molecular complexity index is 1370. The zero-order valence-corrected chi connectivity index (χ0v) is 22.1. The van der Waals surface area contributed by atoms with Crippen LogP contribution in [0.4, 0.5) is 10.8 Å². The van der Waals surface area contributed by atoms with Gasteiger partial charge >= 0.3 is 0 Å². The third kappa shape index (κ3) is 4.93. The van der Waals surface area contributed by atoms with Crippen molar-refractivity contribution >= 4 is 56.2 Å². The largest absolute Gasteiger partial charge is 0.493 e. The Morgan fingerprint density at radius 2 is 1.89 bits per heavy atom. The molecule has 2 aromatic heterocycles. The summed E-state index contributed by atoms with van der Waals surface area (Å²) in [4.78, 5) is 16.7. The second-order valence-corrected chi connectivity index (χ2v) is 9.31. The minimum atomic E-state index is -0.401. The summed E-state index contributed by atoms with van der Waals surface area (Å²) in [6.45, 7) is 0. The zero-order valence-electron chi connectivity index (χ0n) is 18.8. The van der Waals surface area contributed by atoms with E-state index >= 15 is 0 Å². The number of ether oxygens (including phenoxy) is 2. The van der Waals surface area contributed by atoms with Crippen molar-refractivity contribution in [1.82, 2.24) is 4.98 Å². The Morgan fingerprint density at radius 1 is 1.06 bits per heavy atom. The van der Waals surface area contributed by atoms with Crippen LogP contribution in [0.15, 0.2) is 70.5 Å². The van der Waals surface area contributed by atoms with E-state index in [0.717, 1.165) is 16.2 Å². The number of nitro benzene ring substituents is 1. The number of hydrogen-bond donors (Lipinski definition) is 0. The number of aromatic nitrogens is 1. The number of benzene rings is 2. The van der Waals surface area contributed by atoms with E-state index in [4.69, 9.17) is 19.6 Å². The lowest BCUT2D eigenvalue weighted by atomic mass is 10.0. The van der Waals surface area contributed by atoms with Crippen LogP contribution >= 0.6 is 39.7 Å². The lowest BCUT2D eigenvalue weighted by molar-refractivity contribution is -0.384. The molecule has 180 valence electrons. The van der Waals surface area contributed by atoms with Gasteiger partial charge in [0.2, 0.25) is 5.13 Å². The molecule has 5 rings (SSSR count). The first kappa shape index (κ1) is 24.8. The minimum Gasteiger partial charge on any atom is -0.493 e. The highest BCUT2D eigenvalue weighted by atomic mass is 79.9. The normalized spacial score (nSPS) is 14.9. The Morgan fingerprint density at radius 3 is 2.60 bits per heavy atom. The molecule has 2 aromatic carbocycles. The van der Waals surface area contributed by atoms with E-state index in [9.17, 15) is 10.1 Å². The SMILES string of the molecule is Br.COc1ccc(C2CC(c3cccs3)=NN2c2nc(-c3cccc([N+](=O)[O-])c3)cs2)cc1OC. The van der Waals surface area contributed by atoms with E-state index in [1.807, 2.05) is 46.1 Å². The van der Waals surface area contributed by atoms with Gasteiger partial charge in [0, 0.05) is 29.5 Å². The lowest BCUT2D eigenvalue weighted by Gasteiger charge is -2.22. The van der Waals surface area contributed by atoms with Crippen molar-refractivity contribution in [3.8, 4) is 22.8 Å². The van der Waals surface area contributed by atoms with Crippen LogP contribution in [-0.4, -0.2) is 29.8 Å². The van der Waals surface area contributed by atoms with Gasteiger partial charge in [0.15, 0.2) is 11.5 Å². The van der Waals surface area contributed by atoms with E-state index in [1.54, 1.807) is 31.6 Å². The number of thiophene rings is 1. The highest BCUT2D eigenvalue weighted by Gasteiger charge is 2.32. The monoisotopic (exact) mass is 572 g/mol. The molecular formula is C24H21BrN4O4S2. The molecule has 1 unspecified atom stereocenters. The summed E-state index contributed by atoms with van der Waals surface area (Å²) in [6.07, 6.45) is 0.710. The van der Waals surface area contributed by atoms with Crippen molar-refractivity contribution in [2.75, 3.05) is 19.2 Å². The van der Waals surface area contributed by atoms with Crippen LogP contribution in [0.2, 0.25) is 0 Å². The average molecular weight is 573 g/mol. The van der Waals surface area contributed by atoms with Gasteiger partial charge in [-0.05, 0) is 29.1 Å². The van der Waals surface area contributed by atoms with Crippen molar-refractivity contribution in [3.63, 3.8) is 0 Å². The second kappa shape index (κ2) is 10.5. The molecule has 1 aliphatic rings. The van der Waals surface area contributed by atoms with E-state index < -0.39 is 4.92 Å². The van der Waals surface area contributed by atoms with Gasteiger partial charge in [-0.15, -0.1) is 39.7 Å². The number of non-ortho nitro benzene ring substituents is 1. The third-order valence-corrected chi connectivity index (χ3v) is 7.30. The van der Waals surface area contributed by atoms with Crippen LogP contribution in [0.1, 0.15) is 22.9 Å². The van der Waals surface area contributed by atoms with Crippen molar-refractivity contribution in [3.05, 3.63) is 85.9 Å². The molecule has 0 amide bonds. The summed E-state index contributed by atoms with van der Waals surface area (Å²) in [6, 6.07) is 16.4. The molecule has 35 heavy (non-hydrogen) atoms. The van der Waals surface area contributed by atoms with Crippen LogP contribution in [0, 0.1) is 10.1 Å². The Labute approximate surface area is 220 Å². The summed E-state index contributed by atoms with van der Waals surface area (Å²) >= 11 is 3.11. The van der Waals surface area contributed by atoms with E-state index in [-0.39, 0.29) is 28.7 Å². The predicted molar refractivity (Wildman–Crippen MR) is 145 cm³/mol. The molecule has 0 spiro atoms. The smallest absolute Gasteiger partial charge is 0.270 e. The van der Waals surface area contributed by atoms with Gasteiger partial charge in [0.05, 0.1) is 41.5 Å². The molecule has 0 aliphatic carbocycles. The number of thiazole rings is 1. The quantitative estimate of drug-likeness (QED) is 0.180. The average Bonchev–Trinajstić information content (AvgIpc) is 3.63. The maximum Gasteiger partial charge on any atom is 0.270 e. The molecule has 8 nitrogen and oxygen atoms in total. The molecule has 0 saturated heterocycles. The lowest BCUT2D eigenvalue weighted by Crippen LogP contribution is -2.18. The summed E-state index contributed by atoms with van der Waals surface area (Å²) in [7, 11) is 3.23. The molecule has 4 aromatic rings. The summed E-state index contributed by atoms with van der Waals surface area (Å²) < 4.78 is 10.9. The predicted octanol–water partition coefficient (Wildman–Crippen LogP) is 6.73.